The molecule has 1 aliphatic heterocycles. The molecule has 2 heterocycles. The molecule has 1 N–H and O–H groups in total. The lowest BCUT2D eigenvalue weighted by atomic mass is 10.0. The summed E-state index contributed by atoms with van der Waals surface area (Å²) >= 11 is 1.59. The Kier molecular flexibility index (Phi) is 4.55. The van der Waals surface area contributed by atoms with Crippen LogP contribution in [0.3, 0.4) is 0 Å². The van der Waals surface area contributed by atoms with Gasteiger partial charge in [0.05, 0.1) is 5.92 Å². The van der Waals surface area contributed by atoms with Gasteiger partial charge < -0.3 is 14.9 Å². The Bertz CT molecular complexity index is 439. The standard InChI is InChI=1S/C13H18N2O3S/c1-10(11-2-7-19-9-11)13(18)15-5-3-14(4-6-15)12(17)8-16/h2,7,9-10,16H,3-6,8H2,1H3. The summed E-state index contributed by atoms with van der Waals surface area (Å²) in [5, 5.41) is 12.8. The minimum Gasteiger partial charge on any atom is -0.387 e. The molecule has 2 rings (SSSR count). The third-order valence-electron chi connectivity index (χ3n) is 3.49. The Morgan fingerprint density at radius 1 is 1.32 bits per heavy atom. The highest BCUT2D eigenvalue weighted by Gasteiger charge is 2.27. The van der Waals surface area contributed by atoms with Crippen LogP contribution in [0.25, 0.3) is 0 Å². The van der Waals surface area contributed by atoms with E-state index >= 15 is 0 Å². The Labute approximate surface area is 116 Å². The third kappa shape index (κ3) is 3.13. The highest BCUT2D eigenvalue weighted by atomic mass is 32.1. The summed E-state index contributed by atoms with van der Waals surface area (Å²) < 4.78 is 0. The quantitative estimate of drug-likeness (QED) is 0.879. The van der Waals surface area contributed by atoms with E-state index in [1.807, 2.05) is 23.8 Å². The fourth-order valence-electron chi connectivity index (χ4n) is 2.21. The molecular formula is C13H18N2O3S. The summed E-state index contributed by atoms with van der Waals surface area (Å²) in [7, 11) is 0. The van der Waals surface area contributed by atoms with Gasteiger partial charge in [-0.1, -0.05) is 0 Å². The molecule has 1 saturated heterocycles. The normalized spacial score (nSPS) is 17.4. The van der Waals surface area contributed by atoms with Gasteiger partial charge in [-0.3, -0.25) is 9.59 Å². The molecule has 0 aromatic carbocycles. The van der Waals surface area contributed by atoms with Gasteiger partial charge in [0.1, 0.15) is 6.61 Å². The molecule has 19 heavy (non-hydrogen) atoms. The maximum absolute atomic E-state index is 12.3. The van der Waals surface area contributed by atoms with E-state index in [9.17, 15) is 9.59 Å². The first-order valence-electron chi connectivity index (χ1n) is 6.33. The van der Waals surface area contributed by atoms with Gasteiger partial charge in [0, 0.05) is 26.2 Å². The first kappa shape index (κ1) is 14.0. The minimum absolute atomic E-state index is 0.106. The van der Waals surface area contributed by atoms with Crippen molar-refractivity contribution in [2.24, 2.45) is 0 Å². The lowest BCUT2D eigenvalue weighted by Gasteiger charge is -2.35. The molecule has 5 nitrogen and oxygen atoms in total. The summed E-state index contributed by atoms with van der Waals surface area (Å²) in [5.41, 5.74) is 1.05. The predicted molar refractivity (Wildman–Crippen MR) is 73.0 cm³/mol. The van der Waals surface area contributed by atoms with Crippen LogP contribution in [0.2, 0.25) is 0 Å². The van der Waals surface area contributed by atoms with Gasteiger partial charge in [0.25, 0.3) is 0 Å². The SMILES string of the molecule is CC(C(=O)N1CCN(C(=O)CO)CC1)c1ccsc1. The van der Waals surface area contributed by atoms with Crippen molar-refractivity contribution in [1.29, 1.82) is 0 Å². The molecule has 1 atom stereocenters. The van der Waals surface area contributed by atoms with Crippen LogP contribution in [0.1, 0.15) is 18.4 Å². The molecule has 104 valence electrons. The van der Waals surface area contributed by atoms with Gasteiger partial charge in [-0.25, -0.2) is 0 Å². The van der Waals surface area contributed by atoms with E-state index in [2.05, 4.69) is 0 Å². The summed E-state index contributed by atoms with van der Waals surface area (Å²) in [6.45, 7) is 3.54. The number of carbonyl (C=O) groups is 2. The number of aliphatic hydroxyl groups is 1. The molecule has 1 unspecified atom stereocenters. The molecular weight excluding hydrogens is 264 g/mol. The lowest BCUT2D eigenvalue weighted by Crippen LogP contribution is -2.52. The van der Waals surface area contributed by atoms with E-state index in [1.165, 1.54) is 0 Å². The number of nitrogens with zero attached hydrogens (tertiary/aromatic N) is 2. The molecule has 0 radical (unpaired) electrons. The maximum Gasteiger partial charge on any atom is 0.248 e. The number of aliphatic hydroxyl groups excluding tert-OH is 1. The summed E-state index contributed by atoms with van der Waals surface area (Å²) in [5.74, 6) is -0.293. The molecule has 0 bridgehead atoms. The van der Waals surface area contributed by atoms with Crippen LogP contribution in [-0.2, 0) is 9.59 Å². The fourth-order valence-corrected chi connectivity index (χ4v) is 2.97. The Morgan fingerprint density at radius 3 is 2.47 bits per heavy atom. The number of piperazine rings is 1. The Hall–Kier alpha value is -1.40. The highest BCUT2D eigenvalue weighted by Crippen LogP contribution is 2.21. The summed E-state index contributed by atoms with van der Waals surface area (Å²) in [6, 6.07) is 1.97. The second-order valence-corrected chi connectivity index (χ2v) is 5.42. The maximum atomic E-state index is 12.3. The van der Waals surface area contributed by atoms with Gasteiger partial charge in [-0.15, -0.1) is 0 Å². The smallest absolute Gasteiger partial charge is 0.248 e. The van der Waals surface area contributed by atoms with Crippen LogP contribution < -0.4 is 0 Å². The van der Waals surface area contributed by atoms with Crippen LogP contribution in [0.4, 0.5) is 0 Å². The highest BCUT2D eigenvalue weighted by molar-refractivity contribution is 7.08. The average Bonchev–Trinajstić information content (AvgIpc) is 2.99. The van der Waals surface area contributed by atoms with Gasteiger partial charge in [0.15, 0.2) is 0 Å². The van der Waals surface area contributed by atoms with Crippen LogP contribution in [0, 0.1) is 0 Å². The van der Waals surface area contributed by atoms with Crippen molar-refractivity contribution in [2.75, 3.05) is 32.8 Å². The van der Waals surface area contributed by atoms with Crippen molar-refractivity contribution >= 4 is 23.2 Å². The zero-order valence-electron chi connectivity index (χ0n) is 10.9. The zero-order valence-corrected chi connectivity index (χ0v) is 11.7. The third-order valence-corrected chi connectivity index (χ3v) is 4.19. The molecule has 1 aliphatic rings. The number of thiophene rings is 1. The van der Waals surface area contributed by atoms with Crippen molar-refractivity contribution < 1.29 is 14.7 Å². The molecule has 1 fully saturated rings. The van der Waals surface area contributed by atoms with Gasteiger partial charge >= 0.3 is 0 Å². The first-order valence-corrected chi connectivity index (χ1v) is 7.27. The average molecular weight is 282 g/mol. The fraction of sp³-hybridized carbons (Fsp3) is 0.538. The molecule has 0 spiro atoms. The number of rotatable bonds is 3. The Morgan fingerprint density at radius 2 is 1.95 bits per heavy atom. The largest absolute Gasteiger partial charge is 0.387 e. The van der Waals surface area contributed by atoms with Crippen LogP contribution in [0.15, 0.2) is 16.8 Å². The van der Waals surface area contributed by atoms with Crippen LogP contribution in [-0.4, -0.2) is 59.5 Å². The van der Waals surface area contributed by atoms with E-state index in [0.29, 0.717) is 26.2 Å². The molecule has 6 heteroatoms. The number of hydrogen-bond acceptors (Lipinski definition) is 4. The molecule has 1 aromatic rings. The van der Waals surface area contributed by atoms with Crippen molar-refractivity contribution in [1.82, 2.24) is 9.80 Å². The van der Waals surface area contributed by atoms with E-state index in [0.717, 1.165) is 5.56 Å². The molecule has 2 amide bonds. The van der Waals surface area contributed by atoms with Crippen molar-refractivity contribution in [3.8, 4) is 0 Å². The molecule has 0 saturated carbocycles. The zero-order chi connectivity index (χ0) is 13.8. The monoisotopic (exact) mass is 282 g/mol. The first-order chi connectivity index (χ1) is 9.13. The van der Waals surface area contributed by atoms with Gasteiger partial charge in [-0.05, 0) is 29.3 Å². The molecule has 0 aliphatic carbocycles. The summed E-state index contributed by atoms with van der Waals surface area (Å²) in [6.07, 6.45) is 0. The van der Waals surface area contributed by atoms with Crippen LogP contribution in [0.5, 0.6) is 0 Å². The van der Waals surface area contributed by atoms with Gasteiger partial charge in [-0.2, -0.15) is 11.3 Å². The predicted octanol–water partition coefficient (Wildman–Crippen LogP) is 0.515. The minimum atomic E-state index is -0.459. The van der Waals surface area contributed by atoms with Crippen LogP contribution >= 0.6 is 11.3 Å². The Balaban J connectivity index is 1.91. The number of hydrogen-bond donors (Lipinski definition) is 1. The second kappa shape index (κ2) is 6.16. The number of amides is 2. The van der Waals surface area contributed by atoms with E-state index in [1.54, 1.807) is 21.1 Å². The van der Waals surface area contributed by atoms with Crippen molar-refractivity contribution in [2.45, 2.75) is 12.8 Å². The second-order valence-electron chi connectivity index (χ2n) is 4.64. The van der Waals surface area contributed by atoms with E-state index in [4.69, 9.17) is 5.11 Å². The topological polar surface area (TPSA) is 60.9 Å². The number of carbonyl (C=O) groups excluding carboxylic acids is 2. The molecule has 1 aromatic heterocycles. The van der Waals surface area contributed by atoms with E-state index < -0.39 is 6.61 Å². The van der Waals surface area contributed by atoms with Gasteiger partial charge in [0.2, 0.25) is 11.8 Å². The van der Waals surface area contributed by atoms with Crippen molar-refractivity contribution in [3.63, 3.8) is 0 Å². The summed E-state index contributed by atoms with van der Waals surface area (Å²) in [4.78, 5) is 27.0. The lowest BCUT2D eigenvalue weighted by molar-refractivity contribution is -0.141. The van der Waals surface area contributed by atoms with E-state index in [-0.39, 0.29) is 17.7 Å². The van der Waals surface area contributed by atoms with Crippen molar-refractivity contribution in [3.05, 3.63) is 22.4 Å².